The van der Waals surface area contributed by atoms with Gasteiger partial charge < -0.3 is 10.3 Å². The summed E-state index contributed by atoms with van der Waals surface area (Å²) in [5.74, 6) is 1.65. The molecule has 1 aliphatic rings. The first-order chi connectivity index (χ1) is 8.63. The number of pyridine rings is 1. The largest absolute Gasteiger partial charge is 0.337 e. The van der Waals surface area contributed by atoms with Crippen molar-refractivity contribution in [1.82, 2.24) is 15.1 Å². The zero-order valence-corrected chi connectivity index (χ0v) is 10.6. The van der Waals surface area contributed by atoms with Crippen LogP contribution < -0.4 is 5.73 Å². The first-order valence-electron chi connectivity index (χ1n) is 6.18. The number of nitrogens with zero attached hydrogens (tertiary/aromatic N) is 3. The molecule has 94 valence electrons. The molecule has 2 aromatic rings. The molecule has 5 heteroatoms. The third-order valence-electron chi connectivity index (χ3n) is 3.20. The van der Waals surface area contributed by atoms with E-state index in [0.717, 1.165) is 29.8 Å². The van der Waals surface area contributed by atoms with Gasteiger partial charge in [-0.05, 0) is 44.7 Å². The van der Waals surface area contributed by atoms with Gasteiger partial charge in [0.25, 0.3) is 0 Å². The average Bonchev–Trinajstić information content (AvgIpc) is 3.04. The number of aryl methyl sites for hydroxylation is 2. The van der Waals surface area contributed by atoms with Gasteiger partial charge in [0.2, 0.25) is 11.7 Å². The maximum atomic E-state index is 6.04. The van der Waals surface area contributed by atoms with Gasteiger partial charge in [-0.3, -0.25) is 4.98 Å². The van der Waals surface area contributed by atoms with Crippen LogP contribution in [-0.4, -0.2) is 15.1 Å². The fourth-order valence-corrected chi connectivity index (χ4v) is 2.11. The van der Waals surface area contributed by atoms with Crippen LogP contribution in [-0.2, 0) is 0 Å². The van der Waals surface area contributed by atoms with E-state index in [1.165, 1.54) is 0 Å². The smallest absolute Gasteiger partial charge is 0.244 e. The molecule has 0 radical (unpaired) electrons. The van der Waals surface area contributed by atoms with Crippen molar-refractivity contribution in [3.63, 3.8) is 0 Å². The lowest BCUT2D eigenvalue weighted by molar-refractivity contribution is 0.343. The Morgan fingerprint density at radius 2 is 1.89 bits per heavy atom. The molecule has 1 atom stereocenters. The van der Waals surface area contributed by atoms with Crippen LogP contribution in [0.4, 0.5) is 0 Å². The fraction of sp³-hybridized carbons (Fsp3) is 0.462. The normalized spacial score (nSPS) is 16.8. The molecular weight excluding hydrogens is 228 g/mol. The van der Waals surface area contributed by atoms with E-state index in [1.807, 2.05) is 26.0 Å². The molecule has 2 heterocycles. The molecule has 0 amide bonds. The van der Waals surface area contributed by atoms with Gasteiger partial charge in [0, 0.05) is 17.0 Å². The lowest BCUT2D eigenvalue weighted by Gasteiger charge is -2.02. The summed E-state index contributed by atoms with van der Waals surface area (Å²) < 4.78 is 5.26. The first-order valence-corrected chi connectivity index (χ1v) is 6.18. The highest BCUT2D eigenvalue weighted by molar-refractivity contribution is 5.55. The summed E-state index contributed by atoms with van der Waals surface area (Å²) in [5, 5.41) is 4.01. The van der Waals surface area contributed by atoms with Gasteiger partial charge in [0.05, 0.1) is 6.04 Å². The summed E-state index contributed by atoms with van der Waals surface area (Å²) in [5.41, 5.74) is 8.87. The molecule has 0 saturated heterocycles. The van der Waals surface area contributed by atoms with Crippen molar-refractivity contribution >= 4 is 0 Å². The van der Waals surface area contributed by atoms with Crippen LogP contribution in [0.25, 0.3) is 11.4 Å². The van der Waals surface area contributed by atoms with Crippen molar-refractivity contribution in [3.05, 3.63) is 29.4 Å². The Bertz CT molecular complexity index is 554. The van der Waals surface area contributed by atoms with Crippen LogP contribution in [0.1, 0.15) is 36.2 Å². The van der Waals surface area contributed by atoms with Gasteiger partial charge in [-0.2, -0.15) is 4.98 Å². The molecular formula is C13H16N4O. The van der Waals surface area contributed by atoms with Crippen molar-refractivity contribution in [3.8, 4) is 11.4 Å². The highest BCUT2D eigenvalue weighted by atomic mass is 16.5. The first kappa shape index (κ1) is 11.3. The predicted molar refractivity (Wildman–Crippen MR) is 66.7 cm³/mol. The number of aromatic nitrogens is 3. The van der Waals surface area contributed by atoms with Crippen molar-refractivity contribution in [2.45, 2.75) is 32.7 Å². The van der Waals surface area contributed by atoms with Gasteiger partial charge in [0.1, 0.15) is 0 Å². The molecule has 0 spiro atoms. The lowest BCUT2D eigenvalue weighted by atomic mass is 10.2. The Morgan fingerprint density at radius 1 is 1.22 bits per heavy atom. The fourth-order valence-electron chi connectivity index (χ4n) is 2.11. The van der Waals surface area contributed by atoms with Gasteiger partial charge in [0.15, 0.2) is 0 Å². The number of hydrogen-bond acceptors (Lipinski definition) is 5. The van der Waals surface area contributed by atoms with Crippen LogP contribution in [0, 0.1) is 19.8 Å². The Kier molecular flexibility index (Phi) is 2.63. The molecule has 3 rings (SSSR count). The molecule has 1 unspecified atom stereocenters. The van der Waals surface area contributed by atoms with Crippen LogP contribution in [0.15, 0.2) is 16.7 Å². The summed E-state index contributed by atoms with van der Waals surface area (Å²) in [6.45, 7) is 3.90. The number of hydrogen-bond donors (Lipinski definition) is 1. The predicted octanol–water partition coefficient (Wildman–Crippen LogP) is 2.16. The van der Waals surface area contributed by atoms with Gasteiger partial charge in [-0.25, -0.2) is 0 Å². The lowest BCUT2D eigenvalue weighted by Crippen LogP contribution is -2.12. The Balaban J connectivity index is 1.92. The zero-order chi connectivity index (χ0) is 12.7. The number of rotatable bonds is 3. The van der Waals surface area contributed by atoms with Gasteiger partial charge >= 0.3 is 0 Å². The Labute approximate surface area is 105 Å². The van der Waals surface area contributed by atoms with E-state index in [9.17, 15) is 0 Å². The molecule has 1 aliphatic carbocycles. The highest BCUT2D eigenvalue weighted by Gasteiger charge is 2.33. The maximum absolute atomic E-state index is 6.04. The molecule has 1 saturated carbocycles. The van der Waals surface area contributed by atoms with E-state index in [-0.39, 0.29) is 6.04 Å². The van der Waals surface area contributed by atoms with Crippen LogP contribution >= 0.6 is 0 Å². The quantitative estimate of drug-likeness (QED) is 0.895. The summed E-state index contributed by atoms with van der Waals surface area (Å²) in [6, 6.07) is 3.78. The van der Waals surface area contributed by atoms with Crippen molar-refractivity contribution < 1.29 is 4.52 Å². The van der Waals surface area contributed by atoms with E-state index in [2.05, 4.69) is 15.1 Å². The van der Waals surface area contributed by atoms with E-state index in [0.29, 0.717) is 17.6 Å². The van der Waals surface area contributed by atoms with Crippen LogP contribution in [0.3, 0.4) is 0 Å². The molecule has 2 N–H and O–H groups in total. The SMILES string of the molecule is Cc1cc(-c2noc(C(N)C3CC3)n2)cc(C)n1. The summed E-state index contributed by atoms with van der Waals surface area (Å²) in [7, 11) is 0. The standard InChI is InChI=1S/C13H16N4O/c1-7-5-10(6-8(2)15-7)12-16-13(18-17-12)11(14)9-3-4-9/h5-6,9,11H,3-4,14H2,1-2H3. The van der Waals surface area contributed by atoms with Gasteiger partial charge in [-0.1, -0.05) is 5.16 Å². The minimum Gasteiger partial charge on any atom is -0.337 e. The number of nitrogens with two attached hydrogens (primary N) is 1. The van der Waals surface area contributed by atoms with E-state index >= 15 is 0 Å². The Hall–Kier alpha value is -1.75. The molecule has 5 nitrogen and oxygen atoms in total. The van der Waals surface area contributed by atoms with Crippen molar-refractivity contribution in [1.29, 1.82) is 0 Å². The zero-order valence-electron chi connectivity index (χ0n) is 10.6. The minimum atomic E-state index is -0.115. The van der Waals surface area contributed by atoms with E-state index < -0.39 is 0 Å². The topological polar surface area (TPSA) is 77.8 Å². The second-order valence-corrected chi connectivity index (χ2v) is 4.96. The van der Waals surface area contributed by atoms with Gasteiger partial charge in [-0.15, -0.1) is 0 Å². The van der Waals surface area contributed by atoms with Crippen molar-refractivity contribution in [2.24, 2.45) is 11.7 Å². The maximum Gasteiger partial charge on any atom is 0.244 e. The second kappa shape index (κ2) is 4.17. The third kappa shape index (κ3) is 2.13. The highest BCUT2D eigenvalue weighted by Crippen LogP contribution is 2.39. The summed E-state index contributed by atoms with van der Waals surface area (Å²) in [6.07, 6.45) is 2.32. The van der Waals surface area contributed by atoms with E-state index in [4.69, 9.17) is 10.3 Å². The van der Waals surface area contributed by atoms with E-state index in [1.54, 1.807) is 0 Å². The third-order valence-corrected chi connectivity index (χ3v) is 3.20. The average molecular weight is 244 g/mol. The Morgan fingerprint density at radius 3 is 2.50 bits per heavy atom. The molecule has 0 aromatic carbocycles. The van der Waals surface area contributed by atoms with Crippen LogP contribution in [0.5, 0.6) is 0 Å². The molecule has 18 heavy (non-hydrogen) atoms. The molecule has 0 aliphatic heterocycles. The van der Waals surface area contributed by atoms with Crippen molar-refractivity contribution in [2.75, 3.05) is 0 Å². The summed E-state index contributed by atoms with van der Waals surface area (Å²) >= 11 is 0. The molecule has 1 fully saturated rings. The molecule has 2 aromatic heterocycles. The van der Waals surface area contributed by atoms with Crippen LogP contribution in [0.2, 0.25) is 0 Å². The minimum absolute atomic E-state index is 0.115. The monoisotopic (exact) mass is 244 g/mol. The molecule has 0 bridgehead atoms. The summed E-state index contributed by atoms with van der Waals surface area (Å²) in [4.78, 5) is 8.72. The second-order valence-electron chi connectivity index (χ2n) is 4.96.